The SMILES string of the molecule is C=PN(Cc1ccccn1)c1cccc(C)c1. The molecule has 0 fully saturated rings. The average molecular weight is 242 g/mol. The van der Waals surface area contributed by atoms with Gasteiger partial charge in [0.05, 0.1) is 12.2 Å². The molecular weight excluding hydrogens is 227 g/mol. The highest BCUT2D eigenvalue weighted by molar-refractivity contribution is 7.38. The summed E-state index contributed by atoms with van der Waals surface area (Å²) in [5.74, 6) is 0. The lowest BCUT2D eigenvalue weighted by Crippen LogP contribution is -2.11. The van der Waals surface area contributed by atoms with E-state index in [9.17, 15) is 0 Å². The molecule has 0 unspecified atom stereocenters. The third-order valence-corrected chi connectivity index (χ3v) is 3.22. The number of aromatic nitrogens is 1. The summed E-state index contributed by atoms with van der Waals surface area (Å²) >= 11 is 0. The molecule has 1 aromatic carbocycles. The molecule has 0 aliphatic carbocycles. The standard InChI is InChI=1S/C14H15N2P/c1-12-6-5-8-14(10-12)16(17-2)11-13-7-3-4-9-15-13/h3-10H,2,11H2,1H3. The molecule has 0 amide bonds. The van der Waals surface area contributed by atoms with Crippen molar-refractivity contribution in [2.24, 2.45) is 0 Å². The van der Waals surface area contributed by atoms with Crippen LogP contribution in [0.1, 0.15) is 11.3 Å². The molecule has 86 valence electrons. The molecule has 2 nitrogen and oxygen atoms in total. The van der Waals surface area contributed by atoms with Crippen molar-refractivity contribution < 1.29 is 0 Å². The van der Waals surface area contributed by atoms with E-state index in [1.165, 1.54) is 11.3 Å². The lowest BCUT2D eigenvalue weighted by Gasteiger charge is -2.19. The first-order valence-corrected chi connectivity index (χ1v) is 6.53. The quantitative estimate of drug-likeness (QED) is 0.760. The largest absolute Gasteiger partial charge is 0.319 e. The predicted molar refractivity (Wildman–Crippen MR) is 75.6 cm³/mol. The zero-order chi connectivity index (χ0) is 12.1. The Kier molecular flexibility index (Phi) is 3.89. The summed E-state index contributed by atoms with van der Waals surface area (Å²) in [6.45, 7) is 2.89. The normalized spacial score (nSPS) is 10.4. The Bertz CT molecular complexity index is 497. The number of anilines is 1. The number of nitrogens with zero attached hydrogens (tertiary/aromatic N) is 2. The summed E-state index contributed by atoms with van der Waals surface area (Å²) in [5.41, 5.74) is 3.51. The molecule has 0 atom stereocenters. The average Bonchev–Trinajstić information content (AvgIpc) is 2.37. The first-order chi connectivity index (χ1) is 8.29. The molecule has 0 saturated carbocycles. The van der Waals surface area contributed by atoms with Crippen LogP contribution >= 0.6 is 8.35 Å². The van der Waals surface area contributed by atoms with Crippen molar-refractivity contribution in [3.05, 3.63) is 59.9 Å². The van der Waals surface area contributed by atoms with E-state index in [0.717, 1.165) is 20.6 Å². The van der Waals surface area contributed by atoms with Gasteiger partial charge in [-0.3, -0.25) is 4.98 Å². The van der Waals surface area contributed by atoms with Gasteiger partial charge in [-0.2, -0.15) is 0 Å². The van der Waals surface area contributed by atoms with Crippen molar-refractivity contribution in [2.75, 3.05) is 4.67 Å². The summed E-state index contributed by atoms with van der Waals surface area (Å²) < 4.78 is 2.19. The van der Waals surface area contributed by atoms with Crippen LogP contribution in [0.25, 0.3) is 0 Å². The van der Waals surface area contributed by atoms with Gasteiger partial charge >= 0.3 is 0 Å². The second-order valence-corrected chi connectivity index (χ2v) is 4.62. The topological polar surface area (TPSA) is 16.1 Å². The summed E-state index contributed by atoms with van der Waals surface area (Å²) in [7, 11) is 0.981. The first-order valence-electron chi connectivity index (χ1n) is 5.50. The number of rotatable bonds is 4. The summed E-state index contributed by atoms with van der Waals surface area (Å²) in [4.78, 5) is 4.34. The second-order valence-electron chi connectivity index (χ2n) is 3.86. The Balaban J connectivity index is 2.20. The van der Waals surface area contributed by atoms with Gasteiger partial charge in [-0.15, -0.1) is 0 Å². The molecule has 0 radical (unpaired) electrons. The van der Waals surface area contributed by atoms with Crippen LogP contribution in [0.4, 0.5) is 5.69 Å². The van der Waals surface area contributed by atoms with Gasteiger partial charge in [-0.1, -0.05) is 24.5 Å². The highest BCUT2D eigenvalue weighted by atomic mass is 31.1. The Labute approximate surface area is 104 Å². The van der Waals surface area contributed by atoms with E-state index in [1.54, 1.807) is 0 Å². The first kappa shape index (κ1) is 11.8. The van der Waals surface area contributed by atoms with Crippen LogP contribution in [-0.2, 0) is 6.54 Å². The van der Waals surface area contributed by atoms with Gasteiger partial charge in [-0.25, -0.2) is 0 Å². The maximum absolute atomic E-state index is 4.34. The molecule has 0 N–H and O–H groups in total. The number of benzene rings is 1. The van der Waals surface area contributed by atoms with Crippen LogP contribution in [0.2, 0.25) is 0 Å². The van der Waals surface area contributed by atoms with Gasteiger partial charge < -0.3 is 4.67 Å². The van der Waals surface area contributed by atoms with Crippen molar-refractivity contribution in [3.63, 3.8) is 0 Å². The molecule has 1 heterocycles. The van der Waals surface area contributed by atoms with Crippen LogP contribution < -0.4 is 4.67 Å². The summed E-state index contributed by atoms with van der Waals surface area (Å²) in [6, 6.07) is 14.4. The molecule has 1 aromatic heterocycles. The molecule has 2 rings (SSSR count). The van der Waals surface area contributed by atoms with Crippen LogP contribution in [-0.4, -0.2) is 11.3 Å². The molecule has 2 aromatic rings. The van der Waals surface area contributed by atoms with Crippen LogP contribution in [0.5, 0.6) is 0 Å². The fourth-order valence-corrected chi connectivity index (χ4v) is 2.19. The van der Waals surface area contributed by atoms with Crippen molar-refractivity contribution >= 4 is 20.3 Å². The number of aryl methyl sites for hydroxylation is 1. The third-order valence-electron chi connectivity index (χ3n) is 2.51. The van der Waals surface area contributed by atoms with Gasteiger partial charge in [0.2, 0.25) is 0 Å². The molecule has 0 aliphatic rings. The molecule has 3 heteroatoms. The molecule has 0 spiro atoms. The van der Waals surface area contributed by atoms with E-state index >= 15 is 0 Å². The van der Waals surface area contributed by atoms with E-state index < -0.39 is 0 Å². The van der Waals surface area contributed by atoms with E-state index in [1.807, 2.05) is 24.4 Å². The predicted octanol–water partition coefficient (Wildman–Crippen LogP) is 3.69. The second kappa shape index (κ2) is 5.60. The van der Waals surface area contributed by atoms with E-state index in [0.29, 0.717) is 0 Å². The molecule has 0 aliphatic heterocycles. The maximum Gasteiger partial charge on any atom is 0.0690 e. The van der Waals surface area contributed by atoms with Gasteiger partial charge in [0.1, 0.15) is 0 Å². The highest BCUT2D eigenvalue weighted by Gasteiger charge is 2.04. The van der Waals surface area contributed by atoms with Crippen molar-refractivity contribution in [2.45, 2.75) is 13.5 Å². The van der Waals surface area contributed by atoms with Gasteiger partial charge in [-0.05, 0) is 36.8 Å². The fraction of sp³-hybridized carbons (Fsp3) is 0.143. The minimum atomic E-state index is 0.787. The van der Waals surface area contributed by atoms with Gasteiger partial charge in [0, 0.05) is 20.2 Å². The lowest BCUT2D eigenvalue weighted by molar-refractivity contribution is 0.983. The monoisotopic (exact) mass is 242 g/mol. The van der Waals surface area contributed by atoms with Crippen molar-refractivity contribution in [1.29, 1.82) is 0 Å². The number of pyridine rings is 1. The third kappa shape index (κ3) is 3.15. The minimum absolute atomic E-state index is 0.787. The Morgan fingerprint density at radius 2 is 2.12 bits per heavy atom. The summed E-state index contributed by atoms with van der Waals surface area (Å²) in [6.07, 6.45) is 5.78. The van der Waals surface area contributed by atoms with Crippen molar-refractivity contribution in [3.8, 4) is 0 Å². The van der Waals surface area contributed by atoms with Crippen LogP contribution in [0.15, 0.2) is 48.7 Å². The number of hydrogen-bond donors (Lipinski definition) is 0. The molecule has 0 bridgehead atoms. The smallest absolute Gasteiger partial charge is 0.0690 e. The number of hydrogen-bond acceptors (Lipinski definition) is 2. The lowest BCUT2D eigenvalue weighted by atomic mass is 10.2. The van der Waals surface area contributed by atoms with E-state index in [4.69, 9.17) is 0 Å². The fourth-order valence-electron chi connectivity index (χ4n) is 1.66. The molecular formula is C14H15N2P. The van der Waals surface area contributed by atoms with Gasteiger partial charge in [0.25, 0.3) is 0 Å². The summed E-state index contributed by atoms with van der Waals surface area (Å²) in [5, 5.41) is 0. The van der Waals surface area contributed by atoms with Crippen LogP contribution in [0.3, 0.4) is 0 Å². The Morgan fingerprint density at radius 1 is 1.24 bits per heavy atom. The van der Waals surface area contributed by atoms with E-state index in [2.05, 4.69) is 47.1 Å². The Hall–Kier alpha value is -1.66. The van der Waals surface area contributed by atoms with Crippen LogP contribution in [0, 0.1) is 6.92 Å². The van der Waals surface area contributed by atoms with Gasteiger partial charge in [0.15, 0.2) is 0 Å². The highest BCUT2D eigenvalue weighted by Crippen LogP contribution is 2.23. The zero-order valence-corrected chi connectivity index (χ0v) is 10.8. The molecule has 17 heavy (non-hydrogen) atoms. The Morgan fingerprint density at radius 3 is 2.76 bits per heavy atom. The zero-order valence-electron chi connectivity index (χ0n) is 9.87. The maximum atomic E-state index is 4.34. The van der Waals surface area contributed by atoms with Crippen molar-refractivity contribution in [1.82, 2.24) is 4.98 Å². The minimum Gasteiger partial charge on any atom is -0.319 e. The molecule has 0 saturated heterocycles. The van der Waals surface area contributed by atoms with E-state index in [-0.39, 0.29) is 0 Å².